The van der Waals surface area contributed by atoms with E-state index in [2.05, 4.69) is 5.32 Å². The Kier molecular flexibility index (Phi) is 4.36. The summed E-state index contributed by atoms with van der Waals surface area (Å²) < 4.78 is 0. The minimum Gasteiger partial charge on any atom is -0.481 e. The van der Waals surface area contributed by atoms with Gasteiger partial charge < -0.3 is 10.4 Å². The molecule has 0 aliphatic heterocycles. The zero-order valence-corrected chi connectivity index (χ0v) is 11.0. The van der Waals surface area contributed by atoms with Crippen LogP contribution in [0.15, 0.2) is 24.3 Å². The number of aliphatic carboxylic acids is 1. The zero-order valence-electron chi connectivity index (χ0n) is 11.0. The molecule has 0 radical (unpaired) electrons. The Bertz CT molecular complexity index is 562. The number of nitrogens with zero attached hydrogens (tertiary/aromatic N) is 1. The number of carboxylic acids is 1. The van der Waals surface area contributed by atoms with E-state index in [1.54, 1.807) is 18.2 Å². The van der Waals surface area contributed by atoms with Crippen LogP contribution in [-0.4, -0.2) is 17.0 Å². The predicted octanol–water partition coefficient (Wildman–Crippen LogP) is 1.68. The maximum absolute atomic E-state index is 12.0. The molecule has 0 bridgehead atoms. The SMILES string of the molecule is N#Cc1cccc(CNC(=O)C2CCCC2C(=O)O)c1. The number of amides is 1. The molecule has 104 valence electrons. The first-order chi connectivity index (χ1) is 9.61. The number of hydrogen-bond acceptors (Lipinski definition) is 3. The van der Waals surface area contributed by atoms with E-state index in [1.807, 2.05) is 12.1 Å². The van der Waals surface area contributed by atoms with Gasteiger partial charge in [-0.05, 0) is 30.5 Å². The first-order valence-corrected chi connectivity index (χ1v) is 6.61. The van der Waals surface area contributed by atoms with Gasteiger partial charge in [-0.2, -0.15) is 5.26 Å². The molecular formula is C15H16N2O3. The van der Waals surface area contributed by atoms with Gasteiger partial charge in [0.2, 0.25) is 5.91 Å². The molecular weight excluding hydrogens is 256 g/mol. The van der Waals surface area contributed by atoms with Gasteiger partial charge in [-0.3, -0.25) is 9.59 Å². The number of carbonyl (C=O) groups is 2. The molecule has 1 aliphatic carbocycles. The number of benzene rings is 1. The number of rotatable bonds is 4. The molecule has 2 atom stereocenters. The highest BCUT2D eigenvalue weighted by Gasteiger charge is 2.37. The van der Waals surface area contributed by atoms with Crippen molar-refractivity contribution in [2.45, 2.75) is 25.8 Å². The molecule has 1 aromatic carbocycles. The van der Waals surface area contributed by atoms with Crippen molar-refractivity contribution >= 4 is 11.9 Å². The fourth-order valence-electron chi connectivity index (χ4n) is 2.64. The summed E-state index contributed by atoms with van der Waals surface area (Å²) in [6.45, 7) is 0.317. The summed E-state index contributed by atoms with van der Waals surface area (Å²) in [5.41, 5.74) is 1.38. The van der Waals surface area contributed by atoms with Crippen LogP contribution in [0.5, 0.6) is 0 Å². The molecule has 0 saturated heterocycles. The average Bonchev–Trinajstić information content (AvgIpc) is 2.94. The first-order valence-electron chi connectivity index (χ1n) is 6.61. The van der Waals surface area contributed by atoms with Gasteiger partial charge in [-0.15, -0.1) is 0 Å². The number of carbonyl (C=O) groups excluding carboxylic acids is 1. The van der Waals surface area contributed by atoms with Crippen LogP contribution in [0.25, 0.3) is 0 Å². The molecule has 2 rings (SSSR count). The normalized spacial score (nSPS) is 21.1. The molecule has 5 nitrogen and oxygen atoms in total. The molecule has 1 fully saturated rings. The number of carboxylic acid groups (broad SMARTS) is 1. The van der Waals surface area contributed by atoms with Gasteiger partial charge in [0, 0.05) is 6.54 Å². The third-order valence-corrected chi connectivity index (χ3v) is 3.69. The first kappa shape index (κ1) is 14.1. The average molecular weight is 272 g/mol. The zero-order chi connectivity index (χ0) is 14.5. The van der Waals surface area contributed by atoms with E-state index in [0.29, 0.717) is 24.9 Å². The smallest absolute Gasteiger partial charge is 0.307 e. The monoisotopic (exact) mass is 272 g/mol. The molecule has 2 N–H and O–H groups in total. The molecule has 20 heavy (non-hydrogen) atoms. The highest BCUT2D eigenvalue weighted by molar-refractivity contribution is 5.85. The van der Waals surface area contributed by atoms with Gasteiger partial charge in [-0.1, -0.05) is 18.6 Å². The van der Waals surface area contributed by atoms with Gasteiger partial charge in [0.15, 0.2) is 0 Å². The second-order valence-corrected chi connectivity index (χ2v) is 5.01. The standard InChI is InChI=1S/C15H16N2O3/c16-8-10-3-1-4-11(7-10)9-17-14(18)12-5-2-6-13(12)15(19)20/h1,3-4,7,12-13H,2,5-6,9H2,(H,17,18)(H,19,20). The third kappa shape index (κ3) is 3.15. The second-order valence-electron chi connectivity index (χ2n) is 5.01. The van der Waals surface area contributed by atoms with Gasteiger partial charge >= 0.3 is 5.97 Å². The Morgan fingerprint density at radius 1 is 1.35 bits per heavy atom. The van der Waals surface area contributed by atoms with E-state index in [4.69, 9.17) is 10.4 Å². The van der Waals surface area contributed by atoms with Gasteiger partial charge in [0.25, 0.3) is 0 Å². The molecule has 0 heterocycles. The Morgan fingerprint density at radius 3 is 2.80 bits per heavy atom. The number of nitrogens with one attached hydrogen (secondary N) is 1. The molecule has 1 amide bonds. The van der Waals surface area contributed by atoms with Gasteiger partial charge in [0.1, 0.15) is 0 Å². The summed E-state index contributed by atoms with van der Waals surface area (Å²) in [6, 6.07) is 9.03. The van der Waals surface area contributed by atoms with Crippen LogP contribution in [-0.2, 0) is 16.1 Å². The minimum atomic E-state index is -0.894. The van der Waals surface area contributed by atoms with E-state index in [0.717, 1.165) is 12.0 Å². The van der Waals surface area contributed by atoms with Gasteiger partial charge in [0.05, 0.1) is 23.5 Å². The lowest BCUT2D eigenvalue weighted by Crippen LogP contribution is -2.34. The van der Waals surface area contributed by atoms with Crippen LogP contribution in [0.3, 0.4) is 0 Å². The van der Waals surface area contributed by atoms with Crippen molar-refractivity contribution in [1.82, 2.24) is 5.32 Å². The van der Waals surface area contributed by atoms with Crippen LogP contribution < -0.4 is 5.32 Å². The lowest BCUT2D eigenvalue weighted by molar-refractivity contribution is -0.146. The van der Waals surface area contributed by atoms with E-state index in [9.17, 15) is 9.59 Å². The largest absolute Gasteiger partial charge is 0.481 e. The van der Waals surface area contributed by atoms with Gasteiger partial charge in [-0.25, -0.2) is 0 Å². The van der Waals surface area contributed by atoms with Crippen LogP contribution in [0, 0.1) is 23.2 Å². The van der Waals surface area contributed by atoms with Crippen molar-refractivity contribution < 1.29 is 14.7 Å². The van der Waals surface area contributed by atoms with Crippen molar-refractivity contribution in [2.24, 2.45) is 11.8 Å². The van der Waals surface area contributed by atoms with E-state index < -0.39 is 17.8 Å². The van der Waals surface area contributed by atoms with E-state index in [1.165, 1.54) is 0 Å². The lowest BCUT2D eigenvalue weighted by Gasteiger charge is -2.15. The van der Waals surface area contributed by atoms with Crippen molar-refractivity contribution in [1.29, 1.82) is 5.26 Å². The number of nitriles is 1. The van der Waals surface area contributed by atoms with Crippen molar-refractivity contribution in [3.8, 4) is 6.07 Å². The van der Waals surface area contributed by atoms with E-state index >= 15 is 0 Å². The maximum atomic E-state index is 12.0. The summed E-state index contributed by atoms with van der Waals surface area (Å²) in [6.07, 6.45) is 1.97. The topological polar surface area (TPSA) is 90.2 Å². The van der Waals surface area contributed by atoms with E-state index in [-0.39, 0.29) is 5.91 Å². The minimum absolute atomic E-state index is 0.211. The molecule has 0 aromatic heterocycles. The molecule has 1 aliphatic rings. The lowest BCUT2D eigenvalue weighted by atomic mass is 9.95. The molecule has 5 heteroatoms. The highest BCUT2D eigenvalue weighted by atomic mass is 16.4. The predicted molar refractivity (Wildman–Crippen MR) is 71.5 cm³/mol. The van der Waals surface area contributed by atoms with Crippen molar-refractivity contribution in [2.75, 3.05) is 0 Å². The number of hydrogen-bond donors (Lipinski definition) is 2. The van der Waals surface area contributed by atoms with Crippen molar-refractivity contribution in [3.63, 3.8) is 0 Å². The summed E-state index contributed by atoms with van der Waals surface area (Å²) >= 11 is 0. The summed E-state index contributed by atoms with van der Waals surface area (Å²) in [4.78, 5) is 23.1. The Balaban J connectivity index is 1.95. The highest BCUT2D eigenvalue weighted by Crippen LogP contribution is 2.32. The fourth-order valence-corrected chi connectivity index (χ4v) is 2.64. The van der Waals surface area contributed by atoms with Crippen LogP contribution >= 0.6 is 0 Å². The van der Waals surface area contributed by atoms with Crippen LogP contribution in [0.2, 0.25) is 0 Å². The third-order valence-electron chi connectivity index (χ3n) is 3.69. The molecule has 1 saturated carbocycles. The maximum Gasteiger partial charge on any atom is 0.307 e. The molecule has 2 unspecified atom stereocenters. The quantitative estimate of drug-likeness (QED) is 0.872. The Hall–Kier alpha value is -2.35. The Morgan fingerprint density at radius 2 is 2.10 bits per heavy atom. The second kappa shape index (κ2) is 6.20. The molecule has 1 aromatic rings. The van der Waals surface area contributed by atoms with Crippen molar-refractivity contribution in [3.05, 3.63) is 35.4 Å². The Labute approximate surface area is 117 Å². The molecule has 0 spiro atoms. The summed E-state index contributed by atoms with van der Waals surface area (Å²) in [5.74, 6) is -2.11. The van der Waals surface area contributed by atoms with Crippen LogP contribution in [0.4, 0.5) is 0 Å². The van der Waals surface area contributed by atoms with Crippen LogP contribution in [0.1, 0.15) is 30.4 Å². The summed E-state index contributed by atoms with van der Waals surface area (Å²) in [5, 5.41) is 20.6. The summed E-state index contributed by atoms with van der Waals surface area (Å²) in [7, 11) is 0. The fraction of sp³-hybridized carbons (Fsp3) is 0.400.